The molecule has 0 aliphatic heterocycles. The Morgan fingerprint density at radius 1 is 1.50 bits per heavy atom. The van der Waals surface area contributed by atoms with Crippen molar-refractivity contribution in [3.8, 4) is 0 Å². The molecule has 0 radical (unpaired) electrons. The summed E-state index contributed by atoms with van der Waals surface area (Å²) in [6.45, 7) is 2.93. The number of rotatable bonds is 5. The van der Waals surface area contributed by atoms with E-state index in [-0.39, 0.29) is 22.9 Å². The fourth-order valence-electron chi connectivity index (χ4n) is 1.41. The van der Waals surface area contributed by atoms with Crippen molar-refractivity contribution < 1.29 is 19.4 Å². The minimum absolute atomic E-state index is 0.0348. The maximum atomic E-state index is 13.0. The Morgan fingerprint density at radius 2 is 2.17 bits per heavy atom. The third-order valence-corrected chi connectivity index (χ3v) is 3.28. The molecule has 100 valence electrons. The minimum Gasteiger partial charge on any atom is -0.390 e. The normalized spacial score (nSPS) is 14.3. The third kappa shape index (κ3) is 4.36. The van der Waals surface area contributed by atoms with Crippen molar-refractivity contribution in [1.29, 1.82) is 0 Å². The molecule has 4 nitrogen and oxygen atoms in total. The highest BCUT2D eigenvalue weighted by Gasteiger charge is 2.20. The lowest BCUT2D eigenvalue weighted by atomic mass is 10.1. The Morgan fingerprint density at radius 3 is 2.72 bits per heavy atom. The van der Waals surface area contributed by atoms with Gasteiger partial charge in [0.05, 0.1) is 17.5 Å². The van der Waals surface area contributed by atoms with E-state index in [4.69, 9.17) is 0 Å². The van der Waals surface area contributed by atoms with Gasteiger partial charge in [-0.2, -0.15) is 0 Å². The Kier molecular flexibility index (Phi) is 5.71. The Hall–Kier alpha value is -0.980. The Labute approximate surface area is 109 Å². The smallest absolute Gasteiger partial charge is 0.185 e. The van der Waals surface area contributed by atoms with Crippen molar-refractivity contribution >= 4 is 16.9 Å². The number of carbonyl (C=O) groups excluding carboxylic acids is 1. The molecular formula is C12H16FNO3S. The van der Waals surface area contributed by atoms with Gasteiger partial charge in [0.2, 0.25) is 0 Å². The van der Waals surface area contributed by atoms with Gasteiger partial charge in [-0.25, -0.2) is 4.39 Å². The topological polar surface area (TPSA) is 70.4 Å². The molecule has 1 rings (SSSR count). The summed E-state index contributed by atoms with van der Waals surface area (Å²) >= 11 is 1.09. The summed E-state index contributed by atoms with van der Waals surface area (Å²) in [6.07, 6.45) is -1.92. The fraction of sp³-hybridized carbons (Fsp3) is 0.500. The largest absolute Gasteiger partial charge is 0.390 e. The molecule has 1 heterocycles. The lowest BCUT2D eigenvalue weighted by molar-refractivity contribution is -0.109. The van der Waals surface area contributed by atoms with E-state index in [0.29, 0.717) is 5.75 Å². The first-order chi connectivity index (χ1) is 8.41. The average Bonchev–Trinajstić information content (AvgIpc) is 2.31. The van der Waals surface area contributed by atoms with Crippen LogP contribution in [0.3, 0.4) is 0 Å². The molecular weight excluding hydrogens is 257 g/mol. The molecule has 2 unspecified atom stereocenters. The number of aryl methyl sites for hydroxylation is 1. The van der Waals surface area contributed by atoms with Crippen LogP contribution in [-0.4, -0.2) is 32.2 Å². The number of hydrogen-bond acceptors (Lipinski definition) is 5. The molecule has 6 heteroatoms. The van der Waals surface area contributed by atoms with Crippen molar-refractivity contribution in [3.63, 3.8) is 0 Å². The number of nitrogens with zero attached hydrogens (tertiary/aromatic N) is 1. The van der Waals surface area contributed by atoms with Gasteiger partial charge in [0.15, 0.2) is 5.12 Å². The molecule has 0 aliphatic carbocycles. The molecule has 2 atom stereocenters. The zero-order valence-corrected chi connectivity index (χ0v) is 11.1. The molecule has 0 aliphatic rings. The second kappa shape index (κ2) is 6.82. The molecule has 0 bridgehead atoms. The summed E-state index contributed by atoms with van der Waals surface area (Å²) < 4.78 is 13.0. The van der Waals surface area contributed by atoms with Gasteiger partial charge < -0.3 is 10.2 Å². The van der Waals surface area contributed by atoms with Gasteiger partial charge in [-0.1, -0.05) is 11.8 Å². The summed E-state index contributed by atoms with van der Waals surface area (Å²) in [5.74, 6) is -0.0270. The van der Waals surface area contributed by atoms with E-state index in [0.717, 1.165) is 11.8 Å². The molecule has 0 saturated carbocycles. The van der Waals surface area contributed by atoms with Crippen LogP contribution in [0.1, 0.15) is 30.8 Å². The van der Waals surface area contributed by atoms with Crippen LogP contribution in [0.4, 0.5) is 4.39 Å². The molecule has 1 aromatic rings. The highest BCUT2D eigenvalue weighted by molar-refractivity contribution is 8.13. The lowest BCUT2D eigenvalue weighted by Crippen LogP contribution is -2.20. The number of thioether (sulfide) groups is 1. The minimum atomic E-state index is -1.17. The van der Waals surface area contributed by atoms with Crippen LogP contribution < -0.4 is 0 Å². The molecule has 18 heavy (non-hydrogen) atoms. The van der Waals surface area contributed by atoms with Crippen molar-refractivity contribution in [2.45, 2.75) is 32.5 Å². The molecule has 0 fully saturated rings. The van der Waals surface area contributed by atoms with Gasteiger partial charge in [-0.05, 0) is 25.5 Å². The van der Waals surface area contributed by atoms with Gasteiger partial charge in [-0.15, -0.1) is 0 Å². The Bertz CT molecular complexity index is 428. The number of aliphatic hydroxyl groups excluding tert-OH is 2. The Balaban J connectivity index is 2.59. The number of pyridine rings is 1. The average molecular weight is 273 g/mol. The molecule has 2 N–H and O–H groups in total. The number of aromatic nitrogens is 1. The molecule has 0 spiro atoms. The fourth-order valence-corrected chi connectivity index (χ4v) is 2.05. The summed E-state index contributed by atoms with van der Waals surface area (Å²) in [6, 6.07) is 2.55. The highest BCUT2D eigenvalue weighted by Crippen LogP contribution is 2.20. The van der Waals surface area contributed by atoms with Crippen LogP contribution in [0.2, 0.25) is 0 Å². The van der Waals surface area contributed by atoms with Crippen LogP contribution in [0.25, 0.3) is 0 Å². The van der Waals surface area contributed by atoms with Crippen LogP contribution in [0, 0.1) is 12.7 Å². The SMILES string of the molecule is CC(=O)SCCC(O)C(O)c1ccc(F)c(C)n1. The number of halogens is 1. The first-order valence-electron chi connectivity index (χ1n) is 5.54. The summed E-state index contributed by atoms with van der Waals surface area (Å²) in [5.41, 5.74) is 0.408. The van der Waals surface area contributed by atoms with Crippen LogP contribution in [0.15, 0.2) is 12.1 Å². The van der Waals surface area contributed by atoms with Crippen LogP contribution in [0.5, 0.6) is 0 Å². The number of hydrogen-bond donors (Lipinski definition) is 2. The van der Waals surface area contributed by atoms with E-state index < -0.39 is 18.0 Å². The van der Waals surface area contributed by atoms with E-state index in [9.17, 15) is 19.4 Å². The molecule has 1 aromatic heterocycles. The van der Waals surface area contributed by atoms with Gasteiger partial charge in [0.1, 0.15) is 11.9 Å². The molecule has 0 amide bonds. The first kappa shape index (κ1) is 15.1. The van der Waals surface area contributed by atoms with Crippen molar-refractivity contribution in [3.05, 3.63) is 29.3 Å². The van der Waals surface area contributed by atoms with Gasteiger partial charge >= 0.3 is 0 Å². The lowest BCUT2D eigenvalue weighted by Gasteiger charge is -2.17. The maximum absolute atomic E-state index is 13.0. The monoisotopic (exact) mass is 273 g/mol. The van der Waals surface area contributed by atoms with E-state index in [1.165, 1.54) is 26.0 Å². The van der Waals surface area contributed by atoms with E-state index in [1.54, 1.807) is 0 Å². The summed E-state index contributed by atoms with van der Waals surface area (Å²) in [7, 11) is 0. The van der Waals surface area contributed by atoms with E-state index in [2.05, 4.69) is 4.98 Å². The standard InChI is InChI=1S/C12H16FNO3S/c1-7-9(13)3-4-10(14-7)12(17)11(16)5-6-18-8(2)15/h3-4,11-12,16-17H,5-6H2,1-2H3. The zero-order chi connectivity index (χ0) is 13.7. The highest BCUT2D eigenvalue weighted by atomic mass is 32.2. The van der Waals surface area contributed by atoms with Crippen LogP contribution in [-0.2, 0) is 4.79 Å². The number of aliphatic hydroxyl groups is 2. The van der Waals surface area contributed by atoms with E-state index in [1.807, 2.05) is 0 Å². The second-order valence-corrected chi connectivity index (χ2v) is 5.22. The van der Waals surface area contributed by atoms with Gasteiger partial charge in [0.25, 0.3) is 0 Å². The number of carbonyl (C=O) groups is 1. The van der Waals surface area contributed by atoms with Gasteiger partial charge in [-0.3, -0.25) is 9.78 Å². The summed E-state index contributed by atoms with van der Waals surface area (Å²) in [5, 5.41) is 19.5. The van der Waals surface area contributed by atoms with Crippen LogP contribution >= 0.6 is 11.8 Å². The van der Waals surface area contributed by atoms with Crippen molar-refractivity contribution in [2.24, 2.45) is 0 Å². The zero-order valence-electron chi connectivity index (χ0n) is 10.3. The quantitative estimate of drug-likeness (QED) is 0.852. The predicted octanol–water partition coefficient (Wildman–Crippen LogP) is 1.59. The van der Waals surface area contributed by atoms with E-state index >= 15 is 0 Å². The van der Waals surface area contributed by atoms with Crippen molar-refractivity contribution in [1.82, 2.24) is 4.98 Å². The predicted molar refractivity (Wildman–Crippen MR) is 67.7 cm³/mol. The molecule has 0 saturated heterocycles. The second-order valence-electron chi connectivity index (χ2n) is 3.94. The van der Waals surface area contributed by atoms with Gasteiger partial charge in [0, 0.05) is 12.7 Å². The van der Waals surface area contributed by atoms with Crippen molar-refractivity contribution in [2.75, 3.05) is 5.75 Å². The first-order valence-corrected chi connectivity index (χ1v) is 6.53. The summed E-state index contributed by atoms with van der Waals surface area (Å²) in [4.78, 5) is 14.6. The maximum Gasteiger partial charge on any atom is 0.185 e. The third-order valence-electron chi connectivity index (χ3n) is 2.43. The molecule has 0 aromatic carbocycles.